The summed E-state index contributed by atoms with van der Waals surface area (Å²) in [6, 6.07) is 0.414. The second-order valence-corrected chi connectivity index (χ2v) is 12.8. The highest BCUT2D eigenvalue weighted by Gasteiger charge is 2.53. The number of aliphatic hydroxyl groups is 3. The summed E-state index contributed by atoms with van der Waals surface area (Å²) in [5.41, 5.74) is -0.718. The minimum Gasteiger partial charge on any atom is -0.394 e. The van der Waals surface area contributed by atoms with Crippen LogP contribution in [0, 0.1) is 38.2 Å². The Morgan fingerprint density at radius 1 is 1.04 bits per heavy atom. The number of rotatable bonds is 8. The molecular formula is C29H34F5N5O5S. The normalized spacial score (nSPS) is 27.0. The molecule has 0 bridgehead atoms. The third-order valence-electron chi connectivity index (χ3n) is 8.56. The molecule has 3 aromatic rings. The molecule has 3 N–H and O–H groups in total. The zero-order valence-corrected chi connectivity index (χ0v) is 25.7. The van der Waals surface area contributed by atoms with Gasteiger partial charge in [-0.2, -0.15) is 0 Å². The van der Waals surface area contributed by atoms with Gasteiger partial charge >= 0.3 is 0 Å². The maximum atomic E-state index is 14.2. The van der Waals surface area contributed by atoms with Crippen molar-refractivity contribution in [2.24, 2.45) is 0 Å². The Bertz CT molecular complexity index is 1510. The molecule has 0 spiro atoms. The first kappa shape index (κ1) is 33.6. The van der Waals surface area contributed by atoms with Crippen molar-refractivity contribution in [3.05, 3.63) is 58.6 Å². The van der Waals surface area contributed by atoms with Crippen molar-refractivity contribution in [1.82, 2.24) is 25.0 Å². The molecule has 1 aromatic carbocycles. The van der Waals surface area contributed by atoms with Crippen molar-refractivity contribution in [2.45, 2.75) is 93.0 Å². The third kappa shape index (κ3) is 6.58. The van der Waals surface area contributed by atoms with Gasteiger partial charge in [0, 0.05) is 25.5 Å². The second kappa shape index (κ2) is 12.8. The van der Waals surface area contributed by atoms with Crippen LogP contribution in [0.15, 0.2) is 18.3 Å². The van der Waals surface area contributed by atoms with E-state index in [1.165, 1.54) is 18.0 Å². The Morgan fingerprint density at radius 3 is 2.27 bits per heavy atom. The quantitative estimate of drug-likeness (QED) is 0.239. The molecule has 6 atom stereocenters. The number of alkyl halides is 2. The van der Waals surface area contributed by atoms with E-state index in [0.29, 0.717) is 22.8 Å². The van der Waals surface area contributed by atoms with Gasteiger partial charge in [-0.3, -0.25) is 9.97 Å². The van der Waals surface area contributed by atoms with Crippen LogP contribution in [0.3, 0.4) is 0 Å². The number of thioether (sulfide) groups is 1. The zero-order valence-electron chi connectivity index (χ0n) is 24.9. The van der Waals surface area contributed by atoms with Gasteiger partial charge in [0.25, 0.3) is 0 Å². The number of methoxy groups -OCH3 is 1. The molecular weight excluding hydrogens is 625 g/mol. The summed E-state index contributed by atoms with van der Waals surface area (Å²) in [7, 11) is 1.34. The molecule has 0 radical (unpaired) electrons. The SMILES string of the molecule is CO[C@@H]1[C@@H](n2cc(-c3cc(F)c(F)c(F)c3)nn2)[C@@H](O)[C@@H](CO)O[C@H]1SC(c1nc(C)c(C)nc1C)C1(O)CCC(F)(F)CC1. The Balaban J connectivity index is 1.53. The van der Waals surface area contributed by atoms with Crippen molar-refractivity contribution < 1.29 is 46.7 Å². The van der Waals surface area contributed by atoms with Gasteiger partial charge in [0.15, 0.2) is 17.5 Å². The van der Waals surface area contributed by atoms with Gasteiger partial charge in [0.1, 0.15) is 35.5 Å². The molecule has 1 aliphatic carbocycles. The largest absolute Gasteiger partial charge is 0.394 e. The molecule has 45 heavy (non-hydrogen) atoms. The number of aliphatic hydroxyl groups excluding tert-OH is 2. The maximum Gasteiger partial charge on any atom is 0.248 e. The number of hydrogen-bond donors (Lipinski definition) is 3. The fourth-order valence-electron chi connectivity index (χ4n) is 5.85. The highest BCUT2D eigenvalue weighted by Crippen LogP contribution is 2.53. The lowest BCUT2D eigenvalue weighted by Crippen LogP contribution is -2.56. The van der Waals surface area contributed by atoms with Crippen LogP contribution in [-0.2, 0) is 9.47 Å². The van der Waals surface area contributed by atoms with E-state index in [0.717, 1.165) is 23.9 Å². The van der Waals surface area contributed by atoms with Crippen LogP contribution in [0.2, 0.25) is 0 Å². The smallest absolute Gasteiger partial charge is 0.248 e. The summed E-state index contributed by atoms with van der Waals surface area (Å²) >= 11 is 1.04. The van der Waals surface area contributed by atoms with E-state index in [2.05, 4.69) is 15.3 Å². The minimum absolute atomic E-state index is 0.0394. The number of nitrogens with zero attached hydrogens (tertiary/aromatic N) is 5. The van der Waals surface area contributed by atoms with Crippen LogP contribution in [0.5, 0.6) is 0 Å². The van der Waals surface area contributed by atoms with Gasteiger partial charge in [-0.1, -0.05) is 5.21 Å². The standard InChI is InChI=1S/C29H34F5N5O5S/c1-13-14(2)36-22(15(3)35-13)26(28(42)5-7-29(33,34)8-6-28)45-27-25(43-4)23(24(41)20(12-40)44-27)39-11-19(37-38-39)16-9-17(30)21(32)18(31)10-16/h9-11,20,23-27,40-42H,5-8,12H2,1-4H3/t20-,23+,24+,25-,26?,27+/m1/s1. The molecule has 2 aliphatic rings. The Hall–Kier alpha value is -2.76. The van der Waals surface area contributed by atoms with Gasteiger partial charge in [-0.05, 0) is 45.7 Å². The van der Waals surface area contributed by atoms with E-state index in [1.54, 1.807) is 20.8 Å². The molecule has 1 unspecified atom stereocenters. The number of hydrogen-bond acceptors (Lipinski definition) is 10. The van der Waals surface area contributed by atoms with Gasteiger partial charge < -0.3 is 24.8 Å². The van der Waals surface area contributed by atoms with E-state index >= 15 is 0 Å². The number of benzene rings is 1. The lowest BCUT2D eigenvalue weighted by molar-refractivity contribution is -0.186. The zero-order chi connectivity index (χ0) is 32.8. The molecule has 1 saturated heterocycles. The van der Waals surface area contributed by atoms with Crippen LogP contribution in [-0.4, -0.2) is 89.3 Å². The summed E-state index contributed by atoms with van der Waals surface area (Å²) in [6.45, 7) is 4.60. The summed E-state index contributed by atoms with van der Waals surface area (Å²) in [5.74, 6) is -7.42. The summed E-state index contributed by atoms with van der Waals surface area (Å²) in [5, 5.41) is 40.3. The first-order chi connectivity index (χ1) is 21.2. The number of aromatic nitrogens is 5. The molecule has 2 fully saturated rings. The van der Waals surface area contributed by atoms with E-state index in [4.69, 9.17) is 14.5 Å². The molecule has 1 aliphatic heterocycles. The average Bonchev–Trinajstić information content (AvgIpc) is 3.48. The van der Waals surface area contributed by atoms with Crippen molar-refractivity contribution >= 4 is 11.8 Å². The maximum absolute atomic E-state index is 14.2. The van der Waals surface area contributed by atoms with Crippen molar-refractivity contribution in [2.75, 3.05) is 13.7 Å². The first-order valence-electron chi connectivity index (χ1n) is 14.3. The molecule has 3 heterocycles. The monoisotopic (exact) mass is 659 g/mol. The average molecular weight is 660 g/mol. The Kier molecular flexibility index (Phi) is 9.55. The molecule has 1 saturated carbocycles. The van der Waals surface area contributed by atoms with Crippen molar-refractivity contribution in [3.63, 3.8) is 0 Å². The number of halogens is 5. The van der Waals surface area contributed by atoms with Gasteiger partial charge in [-0.15, -0.1) is 16.9 Å². The first-order valence-corrected chi connectivity index (χ1v) is 15.2. The fraction of sp³-hybridized carbons (Fsp3) is 0.586. The Labute approximate surface area is 260 Å². The molecule has 246 valence electrons. The summed E-state index contributed by atoms with van der Waals surface area (Å²) in [4.78, 5) is 9.24. The van der Waals surface area contributed by atoms with Crippen molar-refractivity contribution in [1.29, 1.82) is 0 Å². The number of ether oxygens (including phenoxy) is 2. The van der Waals surface area contributed by atoms with E-state index in [-0.39, 0.29) is 24.1 Å². The van der Waals surface area contributed by atoms with Crippen LogP contribution in [0.1, 0.15) is 59.8 Å². The van der Waals surface area contributed by atoms with Gasteiger partial charge in [0.05, 0.1) is 46.4 Å². The van der Waals surface area contributed by atoms with Crippen LogP contribution >= 0.6 is 11.8 Å². The Morgan fingerprint density at radius 2 is 1.67 bits per heavy atom. The minimum atomic E-state index is -2.93. The highest BCUT2D eigenvalue weighted by atomic mass is 32.2. The number of aryl methyl sites for hydroxylation is 3. The van der Waals surface area contributed by atoms with E-state index < -0.39 is 83.5 Å². The van der Waals surface area contributed by atoms with E-state index in [9.17, 15) is 37.3 Å². The molecule has 0 amide bonds. The lowest BCUT2D eigenvalue weighted by atomic mass is 9.79. The van der Waals surface area contributed by atoms with Gasteiger partial charge in [-0.25, -0.2) is 26.6 Å². The van der Waals surface area contributed by atoms with Crippen molar-refractivity contribution in [3.8, 4) is 11.3 Å². The van der Waals surface area contributed by atoms with Crippen LogP contribution < -0.4 is 0 Å². The van der Waals surface area contributed by atoms with Crippen LogP contribution in [0.4, 0.5) is 22.0 Å². The molecule has 16 heteroatoms. The predicted octanol–water partition coefficient (Wildman–Crippen LogP) is 4.13. The lowest BCUT2D eigenvalue weighted by Gasteiger charge is -2.47. The molecule has 5 rings (SSSR count). The second-order valence-electron chi connectivity index (χ2n) is 11.6. The molecule has 2 aromatic heterocycles. The predicted molar refractivity (Wildman–Crippen MR) is 152 cm³/mol. The molecule has 10 nitrogen and oxygen atoms in total. The van der Waals surface area contributed by atoms with E-state index in [1.807, 2.05) is 0 Å². The summed E-state index contributed by atoms with van der Waals surface area (Å²) in [6.07, 6.45) is -3.92. The highest BCUT2D eigenvalue weighted by molar-refractivity contribution is 8.00. The fourth-order valence-corrected chi connectivity index (χ4v) is 7.60. The summed E-state index contributed by atoms with van der Waals surface area (Å²) < 4.78 is 82.9. The third-order valence-corrected chi connectivity index (χ3v) is 10.1. The topological polar surface area (TPSA) is 136 Å². The van der Waals surface area contributed by atoms with Gasteiger partial charge in [0.2, 0.25) is 5.92 Å². The van der Waals surface area contributed by atoms with Crippen LogP contribution in [0.25, 0.3) is 11.3 Å².